The first-order valence-electron chi connectivity index (χ1n) is 11.2. The Kier molecular flexibility index (Phi) is 7.07. The van der Waals surface area contributed by atoms with Crippen molar-refractivity contribution in [3.63, 3.8) is 0 Å². The molecule has 1 fully saturated rings. The molecular formula is C25H30N4O3. The van der Waals surface area contributed by atoms with Gasteiger partial charge in [-0.05, 0) is 25.1 Å². The molecule has 0 spiro atoms. The van der Waals surface area contributed by atoms with Gasteiger partial charge in [0, 0.05) is 44.7 Å². The quantitative estimate of drug-likeness (QED) is 0.528. The minimum absolute atomic E-state index is 0.133. The highest BCUT2D eigenvalue weighted by Crippen LogP contribution is 2.27. The number of amides is 1. The van der Waals surface area contributed by atoms with Gasteiger partial charge in [-0.25, -0.2) is 0 Å². The molecule has 32 heavy (non-hydrogen) atoms. The van der Waals surface area contributed by atoms with Gasteiger partial charge in [0.05, 0.1) is 5.69 Å². The molecule has 0 aliphatic carbocycles. The molecule has 0 bridgehead atoms. The van der Waals surface area contributed by atoms with E-state index < -0.39 is 0 Å². The second kappa shape index (κ2) is 10.3. The summed E-state index contributed by atoms with van der Waals surface area (Å²) in [5, 5.41) is 17.2. The molecule has 2 heterocycles. The van der Waals surface area contributed by atoms with Crippen molar-refractivity contribution in [2.24, 2.45) is 0 Å². The SMILES string of the molecule is CCc1onc(-c2ccccc2)c1C(=O)NCCCN1CCN(c2ccccc2O)CC1. The van der Waals surface area contributed by atoms with E-state index >= 15 is 0 Å². The number of anilines is 1. The number of aromatic hydroxyl groups is 1. The van der Waals surface area contributed by atoms with Gasteiger partial charge in [-0.1, -0.05) is 54.5 Å². The average Bonchev–Trinajstić information content (AvgIpc) is 3.27. The summed E-state index contributed by atoms with van der Waals surface area (Å²) in [4.78, 5) is 17.5. The lowest BCUT2D eigenvalue weighted by Gasteiger charge is -2.36. The molecule has 1 saturated heterocycles. The molecule has 1 aromatic heterocycles. The van der Waals surface area contributed by atoms with Crippen LogP contribution in [0.25, 0.3) is 11.3 Å². The highest BCUT2D eigenvalue weighted by molar-refractivity contribution is 6.00. The van der Waals surface area contributed by atoms with Crippen molar-refractivity contribution >= 4 is 11.6 Å². The van der Waals surface area contributed by atoms with Crippen LogP contribution in [0.4, 0.5) is 5.69 Å². The molecule has 0 saturated carbocycles. The molecule has 1 amide bonds. The molecule has 7 nitrogen and oxygen atoms in total. The van der Waals surface area contributed by atoms with E-state index in [1.165, 1.54) is 0 Å². The minimum atomic E-state index is -0.133. The number of aryl methyl sites for hydroxylation is 1. The van der Waals surface area contributed by atoms with Crippen molar-refractivity contribution in [3.05, 3.63) is 65.9 Å². The third kappa shape index (κ3) is 4.94. The van der Waals surface area contributed by atoms with Gasteiger partial charge in [0.25, 0.3) is 5.91 Å². The van der Waals surface area contributed by atoms with Crippen LogP contribution in [0.2, 0.25) is 0 Å². The van der Waals surface area contributed by atoms with Crippen LogP contribution in [0.3, 0.4) is 0 Å². The molecule has 2 aromatic carbocycles. The molecule has 4 rings (SSSR count). The number of carbonyl (C=O) groups excluding carboxylic acids is 1. The summed E-state index contributed by atoms with van der Waals surface area (Å²) in [6.07, 6.45) is 1.49. The fraction of sp³-hybridized carbons (Fsp3) is 0.360. The molecule has 168 valence electrons. The van der Waals surface area contributed by atoms with E-state index in [1.807, 2.05) is 55.5 Å². The number of carbonyl (C=O) groups is 1. The fourth-order valence-corrected chi connectivity index (χ4v) is 4.13. The molecule has 3 aromatic rings. The minimum Gasteiger partial charge on any atom is -0.506 e. The summed E-state index contributed by atoms with van der Waals surface area (Å²) in [7, 11) is 0. The van der Waals surface area contributed by atoms with Gasteiger partial charge in [-0.3, -0.25) is 9.69 Å². The lowest BCUT2D eigenvalue weighted by Crippen LogP contribution is -2.47. The zero-order valence-electron chi connectivity index (χ0n) is 18.5. The van der Waals surface area contributed by atoms with Crippen molar-refractivity contribution < 1.29 is 14.4 Å². The topological polar surface area (TPSA) is 81.8 Å². The molecular weight excluding hydrogens is 404 g/mol. The van der Waals surface area contributed by atoms with Crippen LogP contribution < -0.4 is 10.2 Å². The van der Waals surface area contributed by atoms with Crippen LogP contribution in [0.1, 0.15) is 29.5 Å². The number of hydrogen-bond donors (Lipinski definition) is 2. The second-order valence-electron chi connectivity index (χ2n) is 7.98. The van der Waals surface area contributed by atoms with Crippen molar-refractivity contribution in [1.82, 2.24) is 15.4 Å². The van der Waals surface area contributed by atoms with Crippen LogP contribution in [0.5, 0.6) is 5.75 Å². The number of rotatable bonds is 8. The van der Waals surface area contributed by atoms with E-state index in [4.69, 9.17) is 4.52 Å². The smallest absolute Gasteiger partial charge is 0.257 e. The van der Waals surface area contributed by atoms with Gasteiger partial charge in [0.1, 0.15) is 22.8 Å². The molecule has 0 radical (unpaired) electrons. The Morgan fingerprint density at radius 2 is 1.78 bits per heavy atom. The zero-order chi connectivity index (χ0) is 22.3. The first kappa shape index (κ1) is 21.9. The van der Waals surface area contributed by atoms with E-state index in [0.29, 0.717) is 35.7 Å². The number of nitrogens with zero attached hydrogens (tertiary/aromatic N) is 3. The number of piperazine rings is 1. The van der Waals surface area contributed by atoms with Crippen molar-refractivity contribution in [2.75, 3.05) is 44.2 Å². The summed E-state index contributed by atoms with van der Waals surface area (Å²) in [6.45, 7) is 7.11. The summed E-state index contributed by atoms with van der Waals surface area (Å²) < 4.78 is 5.44. The van der Waals surface area contributed by atoms with Crippen LogP contribution in [-0.2, 0) is 6.42 Å². The number of phenols is 1. The number of aromatic nitrogens is 1. The van der Waals surface area contributed by atoms with E-state index in [1.54, 1.807) is 6.07 Å². The Labute approximate surface area is 188 Å². The Balaban J connectivity index is 1.26. The van der Waals surface area contributed by atoms with Crippen molar-refractivity contribution in [1.29, 1.82) is 0 Å². The van der Waals surface area contributed by atoms with Crippen LogP contribution in [0.15, 0.2) is 59.1 Å². The van der Waals surface area contributed by atoms with E-state index in [-0.39, 0.29) is 5.91 Å². The van der Waals surface area contributed by atoms with Gasteiger partial charge in [0.15, 0.2) is 0 Å². The fourth-order valence-electron chi connectivity index (χ4n) is 4.13. The van der Waals surface area contributed by atoms with Gasteiger partial charge >= 0.3 is 0 Å². The summed E-state index contributed by atoms with van der Waals surface area (Å²) in [5.41, 5.74) is 2.91. The van der Waals surface area contributed by atoms with Crippen LogP contribution >= 0.6 is 0 Å². The molecule has 7 heteroatoms. The normalized spacial score (nSPS) is 14.5. The third-order valence-corrected chi connectivity index (χ3v) is 5.89. The second-order valence-corrected chi connectivity index (χ2v) is 7.98. The van der Waals surface area contributed by atoms with Crippen LogP contribution in [-0.4, -0.2) is 60.3 Å². The van der Waals surface area contributed by atoms with E-state index in [9.17, 15) is 9.90 Å². The number of para-hydroxylation sites is 2. The standard InChI is InChI=1S/C25H30N4O3/c1-2-22-23(24(27-32-22)19-9-4-3-5-10-19)25(31)26-13-8-14-28-15-17-29(18-16-28)20-11-6-7-12-21(20)30/h3-7,9-12,30H,2,8,13-18H2,1H3,(H,26,31). The maximum atomic E-state index is 12.9. The van der Waals surface area contributed by atoms with Gasteiger partial charge in [0.2, 0.25) is 0 Å². The molecule has 1 aliphatic heterocycles. The summed E-state index contributed by atoms with van der Waals surface area (Å²) in [6, 6.07) is 17.1. The first-order chi connectivity index (χ1) is 15.7. The van der Waals surface area contributed by atoms with Crippen LogP contribution in [0, 0.1) is 0 Å². The molecule has 1 aliphatic rings. The molecule has 0 atom stereocenters. The Bertz CT molecular complexity index is 1030. The van der Waals surface area contributed by atoms with E-state index in [0.717, 1.165) is 50.4 Å². The summed E-state index contributed by atoms with van der Waals surface area (Å²) >= 11 is 0. The van der Waals surface area contributed by atoms with Crippen molar-refractivity contribution in [3.8, 4) is 17.0 Å². The number of hydrogen-bond acceptors (Lipinski definition) is 6. The van der Waals surface area contributed by atoms with E-state index in [2.05, 4.69) is 20.3 Å². The van der Waals surface area contributed by atoms with Gasteiger partial charge in [-0.2, -0.15) is 0 Å². The monoisotopic (exact) mass is 434 g/mol. The Hall–Kier alpha value is -3.32. The Morgan fingerprint density at radius 3 is 2.50 bits per heavy atom. The molecule has 0 unspecified atom stereocenters. The maximum Gasteiger partial charge on any atom is 0.257 e. The van der Waals surface area contributed by atoms with Crippen molar-refractivity contribution in [2.45, 2.75) is 19.8 Å². The first-order valence-corrected chi connectivity index (χ1v) is 11.2. The maximum absolute atomic E-state index is 12.9. The van der Waals surface area contributed by atoms with Gasteiger partial charge < -0.3 is 19.8 Å². The number of phenolic OH excluding ortho intramolecular Hbond substituents is 1. The predicted molar refractivity (Wildman–Crippen MR) is 125 cm³/mol. The molecule has 2 N–H and O–H groups in total. The zero-order valence-corrected chi connectivity index (χ0v) is 18.5. The number of benzene rings is 2. The predicted octanol–water partition coefficient (Wildman–Crippen LogP) is 3.55. The lowest BCUT2D eigenvalue weighted by molar-refractivity contribution is 0.0950. The lowest BCUT2D eigenvalue weighted by atomic mass is 10.0. The largest absolute Gasteiger partial charge is 0.506 e. The highest BCUT2D eigenvalue weighted by atomic mass is 16.5. The highest BCUT2D eigenvalue weighted by Gasteiger charge is 2.23. The third-order valence-electron chi connectivity index (χ3n) is 5.89. The Morgan fingerprint density at radius 1 is 1.06 bits per heavy atom. The summed E-state index contributed by atoms with van der Waals surface area (Å²) in [5.74, 6) is 0.812. The van der Waals surface area contributed by atoms with Gasteiger partial charge in [-0.15, -0.1) is 0 Å². The number of nitrogens with one attached hydrogen (secondary N) is 1. The average molecular weight is 435 g/mol.